The van der Waals surface area contributed by atoms with E-state index in [1.807, 2.05) is 30.3 Å². The minimum absolute atomic E-state index is 0.420. The molecule has 0 aliphatic heterocycles. The van der Waals surface area contributed by atoms with Gasteiger partial charge in [-0.05, 0) is 6.07 Å². The Bertz CT molecular complexity index is 735. The third-order valence-corrected chi connectivity index (χ3v) is 2.68. The van der Waals surface area contributed by atoms with Gasteiger partial charge in [-0.1, -0.05) is 30.3 Å². The van der Waals surface area contributed by atoms with Crippen molar-refractivity contribution in [3.8, 4) is 0 Å². The summed E-state index contributed by atoms with van der Waals surface area (Å²) in [6.45, 7) is 7.00. The Morgan fingerprint density at radius 1 is 1.06 bits per heavy atom. The Hall–Kier alpha value is -2.47. The van der Waals surface area contributed by atoms with Crippen molar-refractivity contribution in [2.24, 2.45) is 0 Å². The maximum Gasteiger partial charge on any atom is 0.213 e. The first-order valence-electron chi connectivity index (χ1n) is 4.88. The molecule has 0 saturated heterocycles. The lowest BCUT2D eigenvalue weighted by Gasteiger charge is -1.96. The largest absolute Gasteiger partial charge is 0.455 e. The van der Waals surface area contributed by atoms with Crippen LogP contribution < -0.4 is 5.73 Å². The van der Waals surface area contributed by atoms with E-state index in [1.165, 1.54) is 0 Å². The van der Waals surface area contributed by atoms with Crippen LogP contribution in [0.2, 0.25) is 0 Å². The van der Waals surface area contributed by atoms with Gasteiger partial charge >= 0.3 is 0 Å². The van der Waals surface area contributed by atoms with E-state index in [9.17, 15) is 0 Å². The molecule has 3 rings (SSSR count). The van der Waals surface area contributed by atoms with Gasteiger partial charge in [-0.2, -0.15) is 0 Å². The van der Waals surface area contributed by atoms with Gasteiger partial charge in [0.1, 0.15) is 11.2 Å². The zero-order chi connectivity index (χ0) is 11.1. The highest BCUT2D eigenvalue weighted by atomic mass is 16.3. The monoisotopic (exact) mass is 208 g/mol. The first-order valence-corrected chi connectivity index (χ1v) is 4.88. The fourth-order valence-electron chi connectivity index (χ4n) is 1.90. The molecule has 0 amide bonds. The van der Waals surface area contributed by atoms with Gasteiger partial charge in [-0.25, -0.2) is 4.85 Å². The number of hydrogen-bond donors (Lipinski definition) is 1. The standard InChI is InChI=1S/C13H8N2O/c1-15-10-7-6-9-8-4-2-3-5-11(8)16-13(9)12(10)14/h2-7H,14H2. The van der Waals surface area contributed by atoms with Gasteiger partial charge in [0.15, 0.2) is 0 Å². The molecular weight excluding hydrogens is 200 g/mol. The zero-order valence-corrected chi connectivity index (χ0v) is 8.40. The normalized spacial score (nSPS) is 10.7. The number of nitrogens with zero attached hydrogens (tertiary/aromatic N) is 1. The summed E-state index contributed by atoms with van der Waals surface area (Å²) in [7, 11) is 0. The lowest BCUT2D eigenvalue weighted by molar-refractivity contribution is 0.670. The molecule has 0 aliphatic rings. The summed E-state index contributed by atoms with van der Waals surface area (Å²) in [4.78, 5) is 3.36. The molecule has 1 heterocycles. The SMILES string of the molecule is [C-]#[N+]c1ccc2c(oc3ccccc32)c1N. The first-order chi connectivity index (χ1) is 7.81. The Kier molecular flexibility index (Phi) is 1.66. The van der Waals surface area contributed by atoms with E-state index in [4.69, 9.17) is 16.7 Å². The molecule has 3 nitrogen and oxygen atoms in total. The van der Waals surface area contributed by atoms with Gasteiger partial charge in [-0.3, -0.25) is 0 Å². The van der Waals surface area contributed by atoms with Crippen molar-refractivity contribution in [3.05, 3.63) is 47.8 Å². The van der Waals surface area contributed by atoms with Crippen LogP contribution in [0.15, 0.2) is 40.8 Å². The van der Waals surface area contributed by atoms with E-state index < -0.39 is 0 Å². The van der Waals surface area contributed by atoms with E-state index in [2.05, 4.69) is 4.85 Å². The predicted molar refractivity (Wildman–Crippen MR) is 64.4 cm³/mol. The molecule has 0 bridgehead atoms. The summed E-state index contributed by atoms with van der Waals surface area (Å²) in [5, 5.41) is 1.99. The van der Waals surface area contributed by atoms with Gasteiger partial charge in [0, 0.05) is 10.8 Å². The summed E-state index contributed by atoms with van der Waals surface area (Å²) in [5.74, 6) is 0. The highest BCUT2D eigenvalue weighted by Crippen LogP contribution is 2.36. The molecule has 0 unspecified atom stereocenters. The molecular formula is C13H8N2O. The van der Waals surface area contributed by atoms with E-state index in [-0.39, 0.29) is 0 Å². The van der Waals surface area contributed by atoms with Crippen LogP contribution in [0, 0.1) is 6.57 Å². The quantitative estimate of drug-likeness (QED) is 0.452. The van der Waals surface area contributed by atoms with Crippen molar-refractivity contribution in [2.75, 3.05) is 5.73 Å². The van der Waals surface area contributed by atoms with Gasteiger partial charge in [0.05, 0.1) is 12.3 Å². The van der Waals surface area contributed by atoms with Crippen molar-refractivity contribution < 1.29 is 4.42 Å². The van der Waals surface area contributed by atoms with Crippen LogP contribution in [0.3, 0.4) is 0 Å². The molecule has 0 atom stereocenters. The Morgan fingerprint density at radius 2 is 1.88 bits per heavy atom. The molecule has 0 radical (unpaired) electrons. The summed E-state index contributed by atoms with van der Waals surface area (Å²) in [6, 6.07) is 11.4. The highest BCUT2D eigenvalue weighted by molar-refractivity contribution is 6.10. The number of anilines is 1. The van der Waals surface area contributed by atoms with Crippen molar-refractivity contribution >= 4 is 33.3 Å². The molecule has 0 aliphatic carbocycles. The lowest BCUT2D eigenvalue weighted by atomic mass is 10.1. The second-order valence-corrected chi connectivity index (χ2v) is 3.59. The van der Waals surface area contributed by atoms with Crippen LogP contribution in [-0.2, 0) is 0 Å². The summed E-state index contributed by atoms with van der Waals surface area (Å²) in [5.41, 5.74) is 8.15. The molecule has 0 fully saturated rings. The summed E-state index contributed by atoms with van der Waals surface area (Å²) < 4.78 is 5.66. The number of hydrogen-bond acceptors (Lipinski definition) is 2. The van der Waals surface area contributed by atoms with Crippen LogP contribution in [0.1, 0.15) is 0 Å². The molecule has 2 aromatic carbocycles. The van der Waals surface area contributed by atoms with E-state index in [1.54, 1.807) is 6.07 Å². The minimum Gasteiger partial charge on any atom is -0.455 e. The van der Waals surface area contributed by atoms with Gasteiger partial charge in [0.25, 0.3) is 0 Å². The number of nitrogen functional groups attached to an aromatic ring is 1. The molecule has 16 heavy (non-hydrogen) atoms. The fraction of sp³-hybridized carbons (Fsp3) is 0. The lowest BCUT2D eigenvalue weighted by Crippen LogP contribution is -1.84. The molecule has 0 spiro atoms. The van der Waals surface area contributed by atoms with Crippen LogP contribution in [0.4, 0.5) is 11.4 Å². The third kappa shape index (κ3) is 1.01. The first kappa shape index (κ1) is 8.81. The molecule has 2 N–H and O–H groups in total. The second kappa shape index (κ2) is 3.01. The highest BCUT2D eigenvalue weighted by Gasteiger charge is 2.11. The third-order valence-electron chi connectivity index (χ3n) is 2.68. The van der Waals surface area contributed by atoms with E-state index in [0.717, 1.165) is 16.4 Å². The molecule has 3 aromatic rings. The van der Waals surface area contributed by atoms with Crippen molar-refractivity contribution in [3.63, 3.8) is 0 Å². The number of rotatable bonds is 0. The fourth-order valence-corrected chi connectivity index (χ4v) is 1.90. The Morgan fingerprint density at radius 3 is 2.69 bits per heavy atom. The van der Waals surface area contributed by atoms with Crippen LogP contribution in [-0.4, -0.2) is 0 Å². The maximum atomic E-state index is 7.00. The minimum atomic E-state index is 0.420. The summed E-state index contributed by atoms with van der Waals surface area (Å²) >= 11 is 0. The van der Waals surface area contributed by atoms with Crippen LogP contribution in [0.25, 0.3) is 26.8 Å². The van der Waals surface area contributed by atoms with Gasteiger partial charge < -0.3 is 10.2 Å². The van der Waals surface area contributed by atoms with Crippen molar-refractivity contribution in [1.29, 1.82) is 0 Å². The average molecular weight is 208 g/mol. The number of nitrogens with two attached hydrogens (primary N) is 1. The van der Waals surface area contributed by atoms with E-state index in [0.29, 0.717) is 17.0 Å². The van der Waals surface area contributed by atoms with Crippen LogP contribution in [0.5, 0.6) is 0 Å². The number of benzene rings is 2. The maximum absolute atomic E-state index is 7.00. The molecule has 0 saturated carbocycles. The smallest absolute Gasteiger partial charge is 0.213 e. The Labute approximate surface area is 91.9 Å². The number of fused-ring (bicyclic) bond motifs is 3. The number of para-hydroxylation sites is 1. The molecule has 76 valence electrons. The predicted octanol–water partition coefficient (Wildman–Crippen LogP) is 3.72. The average Bonchev–Trinajstić information content (AvgIpc) is 2.69. The number of furan rings is 1. The topological polar surface area (TPSA) is 43.5 Å². The van der Waals surface area contributed by atoms with E-state index >= 15 is 0 Å². The van der Waals surface area contributed by atoms with Gasteiger partial charge in [0.2, 0.25) is 5.69 Å². The van der Waals surface area contributed by atoms with Gasteiger partial charge in [-0.15, -0.1) is 0 Å². The zero-order valence-electron chi connectivity index (χ0n) is 8.40. The van der Waals surface area contributed by atoms with Crippen molar-refractivity contribution in [1.82, 2.24) is 0 Å². The second-order valence-electron chi connectivity index (χ2n) is 3.59. The Balaban J connectivity index is 2.56. The van der Waals surface area contributed by atoms with Crippen LogP contribution >= 0.6 is 0 Å². The van der Waals surface area contributed by atoms with Crippen molar-refractivity contribution in [2.45, 2.75) is 0 Å². The molecule has 1 aromatic heterocycles. The summed E-state index contributed by atoms with van der Waals surface area (Å²) in [6.07, 6.45) is 0. The molecule has 3 heteroatoms.